The molecule has 3 aromatic rings. The van der Waals surface area contributed by atoms with Gasteiger partial charge in [0.15, 0.2) is 0 Å². The first kappa shape index (κ1) is 22.4. The molecule has 164 valence electrons. The van der Waals surface area contributed by atoms with E-state index in [1.54, 1.807) is 6.92 Å². The summed E-state index contributed by atoms with van der Waals surface area (Å²) in [5.41, 5.74) is 1.59. The average Bonchev–Trinajstić information content (AvgIpc) is 3.21. The number of urea groups is 1. The number of hydrogen-bond acceptors (Lipinski definition) is 4. The minimum Gasteiger partial charge on any atom is -0.481 e. The summed E-state index contributed by atoms with van der Waals surface area (Å²) >= 11 is 0. The maximum atomic E-state index is 14.1. The first-order chi connectivity index (χ1) is 15.5. The Kier molecular flexibility index (Phi) is 7.49. The molecule has 1 heterocycles. The van der Waals surface area contributed by atoms with Crippen LogP contribution in [0.25, 0.3) is 0 Å². The lowest BCUT2D eigenvalue weighted by molar-refractivity contribution is 0.102. The molecular weight excluding hydrogens is 413 g/mol. The van der Waals surface area contributed by atoms with Crippen LogP contribution >= 0.6 is 0 Å². The second-order valence-corrected chi connectivity index (χ2v) is 6.81. The SMILES string of the molecule is C#CCOc1ccc(CCNC(=O)Nc2ccc(F)c(NC(=O)c3ccoc3C)c2)cc1. The van der Waals surface area contributed by atoms with Crippen LogP contribution in [0.2, 0.25) is 0 Å². The van der Waals surface area contributed by atoms with Gasteiger partial charge in [-0.2, -0.15) is 0 Å². The summed E-state index contributed by atoms with van der Waals surface area (Å²) in [5, 5.41) is 7.84. The van der Waals surface area contributed by atoms with E-state index in [9.17, 15) is 14.0 Å². The number of amides is 3. The molecule has 0 spiro atoms. The molecule has 32 heavy (non-hydrogen) atoms. The lowest BCUT2D eigenvalue weighted by Gasteiger charge is -2.11. The van der Waals surface area contributed by atoms with Gasteiger partial charge in [-0.3, -0.25) is 4.79 Å². The molecule has 0 aliphatic heterocycles. The lowest BCUT2D eigenvalue weighted by atomic mass is 10.1. The van der Waals surface area contributed by atoms with Crippen molar-refractivity contribution in [2.75, 3.05) is 23.8 Å². The molecule has 3 amide bonds. The Morgan fingerprint density at radius 1 is 1.12 bits per heavy atom. The predicted octanol–water partition coefficient (Wildman–Crippen LogP) is 4.36. The minimum absolute atomic E-state index is 0.0551. The van der Waals surface area contributed by atoms with Crippen molar-refractivity contribution in [2.24, 2.45) is 0 Å². The Labute approximate surface area is 185 Å². The molecule has 0 radical (unpaired) electrons. The summed E-state index contributed by atoms with van der Waals surface area (Å²) in [4.78, 5) is 24.4. The highest BCUT2D eigenvalue weighted by Gasteiger charge is 2.14. The smallest absolute Gasteiger partial charge is 0.319 e. The van der Waals surface area contributed by atoms with Gasteiger partial charge in [-0.1, -0.05) is 18.1 Å². The van der Waals surface area contributed by atoms with Gasteiger partial charge in [0.25, 0.3) is 5.91 Å². The Bertz CT molecular complexity index is 1130. The van der Waals surface area contributed by atoms with Crippen molar-refractivity contribution in [3.63, 3.8) is 0 Å². The zero-order chi connectivity index (χ0) is 22.9. The zero-order valence-corrected chi connectivity index (χ0v) is 17.4. The van der Waals surface area contributed by atoms with Gasteiger partial charge < -0.3 is 25.1 Å². The first-order valence-corrected chi connectivity index (χ1v) is 9.81. The van der Waals surface area contributed by atoms with Crippen LogP contribution in [-0.4, -0.2) is 25.1 Å². The zero-order valence-electron chi connectivity index (χ0n) is 17.4. The fourth-order valence-electron chi connectivity index (χ4n) is 2.88. The molecule has 0 saturated heterocycles. The monoisotopic (exact) mass is 435 g/mol. The highest BCUT2D eigenvalue weighted by Crippen LogP contribution is 2.21. The second kappa shape index (κ2) is 10.7. The third-order valence-electron chi connectivity index (χ3n) is 4.52. The summed E-state index contributed by atoms with van der Waals surface area (Å²) in [6.45, 7) is 2.23. The molecule has 0 aliphatic rings. The van der Waals surface area contributed by atoms with Crippen LogP contribution in [0, 0.1) is 25.1 Å². The van der Waals surface area contributed by atoms with E-state index in [-0.39, 0.29) is 12.3 Å². The second-order valence-electron chi connectivity index (χ2n) is 6.81. The van der Waals surface area contributed by atoms with E-state index in [0.717, 1.165) is 11.6 Å². The van der Waals surface area contributed by atoms with Crippen molar-refractivity contribution in [1.29, 1.82) is 0 Å². The number of terminal acetylenes is 1. The maximum absolute atomic E-state index is 14.1. The number of nitrogens with one attached hydrogen (secondary N) is 3. The number of aryl methyl sites for hydroxylation is 1. The molecule has 0 fully saturated rings. The van der Waals surface area contributed by atoms with Crippen LogP contribution in [0.4, 0.5) is 20.6 Å². The molecule has 8 heteroatoms. The van der Waals surface area contributed by atoms with E-state index in [1.165, 1.54) is 24.5 Å². The summed E-state index contributed by atoms with van der Waals surface area (Å²) in [6, 6.07) is 12.4. The third-order valence-corrected chi connectivity index (χ3v) is 4.52. The number of rotatable bonds is 8. The lowest BCUT2D eigenvalue weighted by Crippen LogP contribution is -2.30. The highest BCUT2D eigenvalue weighted by atomic mass is 19.1. The van der Waals surface area contributed by atoms with Crippen molar-refractivity contribution in [3.8, 4) is 18.1 Å². The summed E-state index contributed by atoms with van der Waals surface area (Å²) < 4.78 is 24.5. The standard InChI is InChI=1S/C24H22FN3O4/c1-3-13-32-19-7-4-17(5-8-19)10-12-26-24(30)27-18-6-9-21(25)22(15-18)28-23(29)20-11-14-31-16(20)2/h1,4-9,11,14-15H,10,12-13H2,2H3,(H,28,29)(H2,26,27,30). The van der Waals surface area contributed by atoms with Gasteiger partial charge in [0.1, 0.15) is 23.9 Å². The molecule has 2 aromatic carbocycles. The Morgan fingerprint density at radius 2 is 1.91 bits per heavy atom. The molecule has 0 unspecified atom stereocenters. The highest BCUT2D eigenvalue weighted by molar-refractivity contribution is 6.05. The van der Waals surface area contributed by atoms with Crippen molar-refractivity contribution in [3.05, 3.63) is 77.5 Å². The maximum Gasteiger partial charge on any atom is 0.319 e. The van der Waals surface area contributed by atoms with Crippen LogP contribution in [0.5, 0.6) is 5.75 Å². The Balaban J connectivity index is 1.50. The fourth-order valence-corrected chi connectivity index (χ4v) is 2.88. The number of ether oxygens (including phenoxy) is 1. The van der Waals surface area contributed by atoms with E-state index in [4.69, 9.17) is 15.6 Å². The van der Waals surface area contributed by atoms with Crippen LogP contribution < -0.4 is 20.7 Å². The van der Waals surface area contributed by atoms with Crippen molar-refractivity contribution in [1.82, 2.24) is 5.32 Å². The molecule has 0 saturated carbocycles. The van der Waals surface area contributed by atoms with Crippen molar-refractivity contribution < 1.29 is 23.1 Å². The molecule has 0 aliphatic carbocycles. The summed E-state index contributed by atoms with van der Waals surface area (Å²) in [5.74, 6) is 2.37. The number of hydrogen-bond donors (Lipinski definition) is 3. The van der Waals surface area contributed by atoms with Crippen LogP contribution in [-0.2, 0) is 6.42 Å². The quantitative estimate of drug-likeness (QED) is 0.459. The summed E-state index contributed by atoms with van der Waals surface area (Å²) in [6.07, 6.45) is 7.14. The Morgan fingerprint density at radius 3 is 2.59 bits per heavy atom. The van der Waals surface area contributed by atoms with Crippen LogP contribution in [0.3, 0.4) is 0 Å². The first-order valence-electron chi connectivity index (χ1n) is 9.81. The van der Waals surface area contributed by atoms with Gasteiger partial charge in [-0.05, 0) is 55.3 Å². The van der Waals surface area contributed by atoms with Crippen LogP contribution in [0.1, 0.15) is 21.7 Å². The van der Waals surface area contributed by atoms with E-state index < -0.39 is 17.8 Å². The molecule has 0 atom stereocenters. The number of anilines is 2. The van der Waals surface area contributed by atoms with Gasteiger partial charge in [-0.25, -0.2) is 9.18 Å². The molecule has 0 bridgehead atoms. The van der Waals surface area contributed by atoms with Crippen molar-refractivity contribution >= 4 is 23.3 Å². The Hall–Kier alpha value is -4.25. The largest absolute Gasteiger partial charge is 0.481 e. The number of carbonyl (C=O) groups excluding carboxylic acids is 2. The van der Waals surface area contributed by atoms with Crippen molar-refractivity contribution in [2.45, 2.75) is 13.3 Å². The average molecular weight is 435 g/mol. The van der Waals surface area contributed by atoms with E-state index in [2.05, 4.69) is 21.9 Å². The number of halogens is 1. The van der Waals surface area contributed by atoms with Gasteiger partial charge in [0, 0.05) is 12.2 Å². The topological polar surface area (TPSA) is 92.6 Å². The number of furan rings is 1. The van der Waals surface area contributed by atoms with E-state index in [0.29, 0.717) is 35.7 Å². The van der Waals surface area contributed by atoms with E-state index in [1.807, 2.05) is 24.3 Å². The third kappa shape index (κ3) is 6.12. The minimum atomic E-state index is -0.625. The normalized spacial score (nSPS) is 10.2. The number of benzene rings is 2. The molecule has 7 nitrogen and oxygen atoms in total. The predicted molar refractivity (Wildman–Crippen MR) is 119 cm³/mol. The molecule has 3 rings (SSSR count). The molecular formula is C24H22FN3O4. The van der Waals surface area contributed by atoms with Gasteiger partial charge >= 0.3 is 6.03 Å². The molecule has 1 aromatic heterocycles. The van der Waals surface area contributed by atoms with Gasteiger partial charge in [0.05, 0.1) is 17.5 Å². The van der Waals surface area contributed by atoms with Crippen LogP contribution in [0.15, 0.2) is 59.2 Å². The number of carbonyl (C=O) groups is 2. The molecule has 3 N–H and O–H groups in total. The van der Waals surface area contributed by atoms with Gasteiger partial charge in [0.2, 0.25) is 0 Å². The van der Waals surface area contributed by atoms with E-state index >= 15 is 0 Å². The van der Waals surface area contributed by atoms with Gasteiger partial charge in [-0.15, -0.1) is 6.42 Å². The summed E-state index contributed by atoms with van der Waals surface area (Å²) in [7, 11) is 0. The fraction of sp³-hybridized carbons (Fsp3) is 0.167.